The van der Waals surface area contributed by atoms with E-state index in [4.69, 9.17) is 22.1 Å². The van der Waals surface area contributed by atoms with Crippen LogP contribution in [0.4, 0.5) is 15.8 Å². The summed E-state index contributed by atoms with van der Waals surface area (Å²) in [5.74, 6) is -0.515. The molecule has 3 N–H and O–H groups in total. The molecule has 1 aliphatic heterocycles. The summed E-state index contributed by atoms with van der Waals surface area (Å²) in [6.07, 6.45) is 0. The highest BCUT2D eigenvalue weighted by atomic mass is 35.5. The van der Waals surface area contributed by atoms with Crippen molar-refractivity contribution >= 4 is 23.0 Å². The summed E-state index contributed by atoms with van der Waals surface area (Å²) in [6, 6.07) is 2.48. The van der Waals surface area contributed by atoms with Gasteiger partial charge < -0.3 is 20.5 Å². The molecule has 0 radical (unpaired) electrons. The molecule has 0 bridgehead atoms. The lowest BCUT2D eigenvalue weighted by molar-refractivity contribution is 0.0727. The van der Waals surface area contributed by atoms with Crippen LogP contribution in [-0.2, 0) is 4.74 Å². The minimum Gasteiger partial charge on any atom is -0.397 e. The van der Waals surface area contributed by atoms with Gasteiger partial charge in [-0.25, -0.2) is 4.39 Å². The Morgan fingerprint density at radius 3 is 3.06 bits per heavy atom. The lowest BCUT2D eigenvalue weighted by Crippen LogP contribution is -2.48. The molecule has 2 rings (SSSR count). The summed E-state index contributed by atoms with van der Waals surface area (Å²) in [4.78, 5) is 1.85. The molecule has 0 aromatic heterocycles. The molecular weight excluding hydrogens is 247 g/mol. The Hall–Kier alpha value is -1.04. The number of nitrogens with two attached hydrogens (primary N) is 1. The first-order chi connectivity index (χ1) is 8.13. The zero-order valence-corrected chi connectivity index (χ0v) is 9.95. The Kier molecular flexibility index (Phi) is 3.71. The number of aliphatic hydroxyl groups excluding tert-OH is 1. The number of morpholine rings is 1. The van der Waals surface area contributed by atoms with E-state index in [1.807, 2.05) is 4.90 Å². The molecule has 1 saturated heterocycles. The van der Waals surface area contributed by atoms with Crippen molar-refractivity contribution in [2.45, 2.75) is 6.04 Å². The second kappa shape index (κ2) is 5.08. The molecule has 1 aromatic carbocycles. The fourth-order valence-corrected chi connectivity index (χ4v) is 2.10. The maximum atomic E-state index is 13.4. The third-order valence-electron chi connectivity index (χ3n) is 2.82. The van der Waals surface area contributed by atoms with Crippen molar-refractivity contribution in [2.24, 2.45) is 0 Å². The number of benzene rings is 1. The van der Waals surface area contributed by atoms with Crippen molar-refractivity contribution in [1.82, 2.24) is 0 Å². The first-order valence-corrected chi connectivity index (χ1v) is 5.71. The first kappa shape index (κ1) is 12.4. The predicted molar refractivity (Wildman–Crippen MR) is 64.9 cm³/mol. The summed E-state index contributed by atoms with van der Waals surface area (Å²) in [7, 11) is 0. The van der Waals surface area contributed by atoms with Crippen LogP contribution in [0.25, 0.3) is 0 Å². The van der Waals surface area contributed by atoms with Crippen LogP contribution in [-0.4, -0.2) is 37.5 Å². The van der Waals surface area contributed by atoms with Crippen LogP contribution in [0.5, 0.6) is 0 Å². The number of nitrogen functional groups attached to an aromatic ring is 1. The van der Waals surface area contributed by atoms with Crippen LogP contribution in [0.2, 0.25) is 5.02 Å². The van der Waals surface area contributed by atoms with Gasteiger partial charge in [-0.2, -0.15) is 0 Å². The van der Waals surface area contributed by atoms with Gasteiger partial charge in [0.25, 0.3) is 0 Å². The number of anilines is 2. The van der Waals surface area contributed by atoms with Gasteiger partial charge in [0, 0.05) is 12.6 Å². The van der Waals surface area contributed by atoms with E-state index >= 15 is 0 Å². The number of nitrogens with zero attached hydrogens (tertiary/aromatic N) is 1. The maximum absolute atomic E-state index is 13.4. The predicted octanol–water partition coefficient (Wildman–Crippen LogP) is 1.26. The number of hydrogen-bond donors (Lipinski definition) is 2. The van der Waals surface area contributed by atoms with Crippen LogP contribution < -0.4 is 10.6 Å². The highest BCUT2D eigenvalue weighted by Crippen LogP contribution is 2.31. The summed E-state index contributed by atoms with van der Waals surface area (Å²) in [5.41, 5.74) is 6.77. The minimum atomic E-state index is -0.515. The molecular formula is C11H14ClFN2O2. The van der Waals surface area contributed by atoms with Crippen molar-refractivity contribution in [2.75, 3.05) is 37.0 Å². The number of ether oxygens (including phenoxy) is 1. The molecule has 0 saturated carbocycles. The van der Waals surface area contributed by atoms with Gasteiger partial charge in [-0.15, -0.1) is 0 Å². The summed E-state index contributed by atoms with van der Waals surface area (Å²) in [5, 5.41) is 9.26. The highest BCUT2D eigenvalue weighted by molar-refractivity contribution is 6.31. The molecule has 0 aliphatic carbocycles. The van der Waals surface area contributed by atoms with Crippen LogP contribution in [0.15, 0.2) is 12.1 Å². The normalized spacial score (nSPS) is 20.6. The molecule has 1 aliphatic rings. The van der Waals surface area contributed by atoms with Crippen molar-refractivity contribution in [1.29, 1.82) is 0 Å². The van der Waals surface area contributed by atoms with E-state index in [1.165, 1.54) is 12.1 Å². The monoisotopic (exact) mass is 260 g/mol. The number of aliphatic hydroxyl groups is 1. The standard InChI is InChI=1S/C11H14ClFN2O2/c12-8-3-10(14)11(4-9(8)13)15-1-2-17-6-7(15)5-16/h3-4,7,16H,1-2,5-6,14H2. The molecule has 6 heteroatoms. The summed E-state index contributed by atoms with van der Waals surface area (Å²) < 4.78 is 18.7. The number of halogens is 2. The first-order valence-electron chi connectivity index (χ1n) is 5.33. The van der Waals surface area contributed by atoms with Gasteiger partial charge in [0.05, 0.1) is 42.3 Å². The van der Waals surface area contributed by atoms with E-state index in [2.05, 4.69) is 0 Å². The molecule has 0 spiro atoms. The van der Waals surface area contributed by atoms with Crippen LogP contribution in [0.3, 0.4) is 0 Å². The highest BCUT2D eigenvalue weighted by Gasteiger charge is 2.24. The van der Waals surface area contributed by atoms with Gasteiger partial charge in [-0.3, -0.25) is 0 Å². The Labute approximate surface area is 104 Å². The van der Waals surface area contributed by atoms with E-state index in [9.17, 15) is 9.50 Å². The average Bonchev–Trinajstić information content (AvgIpc) is 2.34. The van der Waals surface area contributed by atoms with Gasteiger partial charge in [-0.05, 0) is 6.07 Å². The third kappa shape index (κ3) is 2.46. The van der Waals surface area contributed by atoms with E-state index in [1.54, 1.807) is 0 Å². The zero-order valence-electron chi connectivity index (χ0n) is 9.20. The van der Waals surface area contributed by atoms with Crippen molar-refractivity contribution in [3.8, 4) is 0 Å². The number of rotatable bonds is 2. The molecule has 1 fully saturated rings. The van der Waals surface area contributed by atoms with Crippen molar-refractivity contribution in [3.63, 3.8) is 0 Å². The van der Waals surface area contributed by atoms with Crippen LogP contribution >= 0.6 is 11.6 Å². The minimum absolute atomic E-state index is 0.0000536. The average molecular weight is 261 g/mol. The van der Waals surface area contributed by atoms with E-state index in [0.29, 0.717) is 31.1 Å². The largest absolute Gasteiger partial charge is 0.397 e. The summed E-state index contributed by atoms with van der Waals surface area (Å²) >= 11 is 5.65. The quantitative estimate of drug-likeness (QED) is 0.786. The number of hydrogen-bond acceptors (Lipinski definition) is 4. The fraction of sp³-hybridized carbons (Fsp3) is 0.455. The van der Waals surface area contributed by atoms with E-state index in [0.717, 1.165) is 0 Å². The lowest BCUT2D eigenvalue weighted by atomic mass is 10.1. The molecule has 94 valence electrons. The molecule has 1 atom stereocenters. The maximum Gasteiger partial charge on any atom is 0.144 e. The second-order valence-corrected chi connectivity index (χ2v) is 4.34. The fourth-order valence-electron chi connectivity index (χ4n) is 1.92. The van der Waals surface area contributed by atoms with Crippen molar-refractivity contribution in [3.05, 3.63) is 23.0 Å². The Bertz CT molecular complexity index is 417. The lowest BCUT2D eigenvalue weighted by Gasteiger charge is -2.37. The Balaban J connectivity index is 2.34. The summed E-state index contributed by atoms with van der Waals surface area (Å²) in [6.45, 7) is 1.43. The molecule has 1 heterocycles. The molecule has 17 heavy (non-hydrogen) atoms. The smallest absolute Gasteiger partial charge is 0.144 e. The SMILES string of the molecule is Nc1cc(Cl)c(F)cc1N1CCOCC1CO. The van der Waals surface area contributed by atoms with Crippen molar-refractivity contribution < 1.29 is 14.2 Å². The molecule has 1 aromatic rings. The Morgan fingerprint density at radius 1 is 1.59 bits per heavy atom. The van der Waals surface area contributed by atoms with E-state index < -0.39 is 5.82 Å². The molecule has 4 nitrogen and oxygen atoms in total. The van der Waals surface area contributed by atoms with Gasteiger partial charge in [0.15, 0.2) is 0 Å². The third-order valence-corrected chi connectivity index (χ3v) is 3.11. The van der Waals surface area contributed by atoms with E-state index in [-0.39, 0.29) is 17.7 Å². The Morgan fingerprint density at radius 2 is 2.35 bits per heavy atom. The van der Waals surface area contributed by atoms with Gasteiger partial charge in [-0.1, -0.05) is 11.6 Å². The topological polar surface area (TPSA) is 58.7 Å². The van der Waals surface area contributed by atoms with Gasteiger partial charge in [0.2, 0.25) is 0 Å². The van der Waals surface area contributed by atoms with Crippen LogP contribution in [0.1, 0.15) is 0 Å². The zero-order chi connectivity index (χ0) is 12.4. The van der Waals surface area contributed by atoms with Crippen LogP contribution in [0, 0.1) is 5.82 Å². The molecule has 1 unspecified atom stereocenters. The van der Waals surface area contributed by atoms with Gasteiger partial charge in [0.1, 0.15) is 5.82 Å². The second-order valence-electron chi connectivity index (χ2n) is 3.93. The molecule has 0 amide bonds. The van der Waals surface area contributed by atoms with Gasteiger partial charge >= 0.3 is 0 Å².